The molecule has 0 bridgehead atoms. The summed E-state index contributed by atoms with van der Waals surface area (Å²) in [6.07, 6.45) is 1.67. The average molecular weight is 392 g/mol. The van der Waals surface area contributed by atoms with Gasteiger partial charge in [0.1, 0.15) is 11.4 Å². The van der Waals surface area contributed by atoms with E-state index in [9.17, 15) is 9.59 Å². The van der Waals surface area contributed by atoms with E-state index in [1.165, 1.54) is 11.3 Å². The van der Waals surface area contributed by atoms with Crippen LogP contribution in [0.4, 0.5) is 0 Å². The largest absolute Gasteiger partial charge is 0.496 e. The Balaban J connectivity index is 1.76. The van der Waals surface area contributed by atoms with Gasteiger partial charge in [-0.3, -0.25) is 9.59 Å². The highest BCUT2D eigenvalue weighted by Gasteiger charge is 2.15. The van der Waals surface area contributed by atoms with Crippen LogP contribution in [0.2, 0.25) is 0 Å². The van der Waals surface area contributed by atoms with Crippen LogP contribution in [0.3, 0.4) is 0 Å². The van der Waals surface area contributed by atoms with Gasteiger partial charge in [-0.2, -0.15) is 0 Å². The Kier molecular flexibility index (Phi) is 6.59. The summed E-state index contributed by atoms with van der Waals surface area (Å²) in [5, 5.41) is 7.48. The molecule has 2 N–H and O–H groups in total. The molecule has 0 fully saturated rings. The number of ether oxygens (including phenoxy) is 1. The summed E-state index contributed by atoms with van der Waals surface area (Å²) in [5.74, 6) is -0.0145. The fourth-order valence-electron chi connectivity index (χ4n) is 2.58. The van der Waals surface area contributed by atoms with E-state index in [4.69, 9.17) is 4.74 Å². The first-order chi connectivity index (χ1) is 13.7. The van der Waals surface area contributed by atoms with E-state index in [0.29, 0.717) is 11.3 Å². The minimum absolute atomic E-state index is 0.186. The molecule has 5 nitrogen and oxygen atoms in total. The maximum atomic E-state index is 12.8. The van der Waals surface area contributed by atoms with Gasteiger partial charge in [-0.05, 0) is 35.7 Å². The van der Waals surface area contributed by atoms with Gasteiger partial charge in [0.2, 0.25) is 0 Å². The predicted molar refractivity (Wildman–Crippen MR) is 111 cm³/mol. The second kappa shape index (κ2) is 9.53. The van der Waals surface area contributed by atoms with Gasteiger partial charge in [-0.25, -0.2) is 0 Å². The highest BCUT2D eigenvalue weighted by atomic mass is 32.1. The molecular weight excluding hydrogens is 372 g/mol. The summed E-state index contributed by atoms with van der Waals surface area (Å²) in [5.41, 5.74) is 1.52. The van der Waals surface area contributed by atoms with Crippen molar-refractivity contribution in [2.24, 2.45) is 0 Å². The van der Waals surface area contributed by atoms with Gasteiger partial charge < -0.3 is 15.4 Å². The van der Waals surface area contributed by atoms with Crippen LogP contribution in [0.1, 0.15) is 20.8 Å². The standard InChI is InChI=1S/C22H20N2O3S/c1-27-20-12-6-5-10-17(20)15-23-22(26)19(14-18-11-7-13-28-18)24-21(25)16-8-3-2-4-9-16/h2-14H,15H2,1H3,(H,23,26)(H,24,25)/b19-14-. The number of hydrogen-bond donors (Lipinski definition) is 2. The lowest BCUT2D eigenvalue weighted by Gasteiger charge is -2.12. The minimum atomic E-state index is -0.372. The molecule has 0 unspecified atom stereocenters. The Labute approximate surface area is 167 Å². The number of benzene rings is 2. The van der Waals surface area contributed by atoms with Crippen LogP contribution in [-0.2, 0) is 11.3 Å². The first kappa shape index (κ1) is 19.4. The number of carbonyl (C=O) groups is 2. The molecular formula is C22H20N2O3S. The lowest BCUT2D eigenvalue weighted by atomic mass is 10.2. The molecule has 0 spiro atoms. The zero-order chi connectivity index (χ0) is 19.8. The highest BCUT2D eigenvalue weighted by Crippen LogP contribution is 2.17. The third-order valence-corrected chi connectivity index (χ3v) is 4.81. The number of nitrogens with one attached hydrogen (secondary N) is 2. The quantitative estimate of drug-likeness (QED) is 0.600. The minimum Gasteiger partial charge on any atom is -0.496 e. The van der Waals surface area contributed by atoms with E-state index in [1.54, 1.807) is 37.5 Å². The van der Waals surface area contributed by atoms with Crippen LogP contribution >= 0.6 is 11.3 Å². The molecule has 0 radical (unpaired) electrons. The summed E-state index contributed by atoms with van der Waals surface area (Å²) in [6, 6.07) is 20.0. The van der Waals surface area contributed by atoms with Crippen molar-refractivity contribution >= 4 is 29.2 Å². The Morgan fingerprint density at radius 2 is 1.75 bits per heavy atom. The predicted octanol–water partition coefficient (Wildman–Crippen LogP) is 3.84. The third-order valence-electron chi connectivity index (χ3n) is 3.99. The Bertz CT molecular complexity index is 966. The zero-order valence-electron chi connectivity index (χ0n) is 15.3. The van der Waals surface area contributed by atoms with Gasteiger partial charge in [-0.1, -0.05) is 42.5 Å². The lowest BCUT2D eigenvalue weighted by molar-refractivity contribution is -0.117. The summed E-state index contributed by atoms with van der Waals surface area (Å²) in [6.45, 7) is 0.284. The molecule has 1 aromatic heterocycles. The molecule has 0 aliphatic carbocycles. The number of methoxy groups -OCH3 is 1. The molecule has 0 atom stereocenters. The smallest absolute Gasteiger partial charge is 0.268 e. The van der Waals surface area contributed by atoms with E-state index < -0.39 is 0 Å². The van der Waals surface area contributed by atoms with Gasteiger partial charge in [0.25, 0.3) is 11.8 Å². The number of amides is 2. The number of carbonyl (C=O) groups excluding carboxylic acids is 2. The van der Waals surface area contributed by atoms with Crippen molar-refractivity contribution in [1.29, 1.82) is 0 Å². The normalized spacial score (nSPS) is 11.0. The molecule has 0 aliphatic heterocycles. The molecule has 3 aromatic rings. The van der Waals surface area contributed by atoms with Crippen molar-refractivity contribution < 1.29 is 14.3 Å². The van der Waals surface area contributed by atoms with Crippen LogP contribution in [0.5, 0.6) is 5.75 Å². The molecule has 3 rings (SSSR count). The third kappa shape index (κ3) is 5.08. The monoisotopic (exact) mass is 392 g/mol. The van der Waals surface area contributed by atoms with Gasteiger partial charge in [0.05, 0.1) is 7.11 Å². The summed E-state index contributed by atoms with van der Waals surface area (Å²) in [4.78, 5) is 26.2. The van der Waals surface area contributed by atoms with Crippen LogP contribution in [0.25, 0.3) is 6.08 Å². The highest BCUT2D eigenvalue weighted by molar-refractivity contribution is 7.10. The number of para-hydroxylation sites is 1. The molecule has 0 saturated carbocycles. The van der Waals surface area contributed by atoms with Crippen molar-refractivity contribution in [2.75, 3.05) is 7.11 Å². The fraction of sp³-hybridized carbons (Fsp3) is 0.0909. The maximum Gasteiger partial charge on any atom is 0.268 e. The lowest BCUT2D eigenvalue weighted by Crippen LogP contribution is -2.34. The van der Waals surface area contributed by atoms with Gasteiger partial charge in [-0.15, -0.1) is 11.3 Å². The maximum absolute atomic E-state index is 12.8. The molecule has 2 aromatic carbocycles. The summed E-state index contributed by atoms with van der Waals surface area (Å²) < 4.78 is 5.31. The van der Waals surface area contributed by atoms with E-state index in [1.807, 2.05) is 47.8 Å². The Morgan fingerprint density at radius 3 is 2.46 bits per heavy atom. The SMILES string of the molecule is COc1ccccc1CNC(=O)/C(=C/c1cccs1)NC(=O)c1ccccc1. The topological polar surface area (TPSA) is 67.4 Å². The molecule has 142 valence electrons. The molecule has 28 heavy (non-hydrogen) atoms. The van der Waals surface area contributed by atoms with Gasteiger partial charge in [0, 0.05) is 22.5 Å². The first-order valence-electron chi connectivity index (χ1n) is 8.69. The number of hydrogen-bond acceptors (Lipinski definition) is 4. The van der Waals surface area contributed by atoms with Crippen molar-refractivity contribution in [3.8, 4) is 5.75 Å². The first-order valence-corrected chi connectivity index (χ1v) is 9.57. The molecule has 2 amide bonds. The van der Waals surface area contributed by atoms with Gasteiger partial charge >= 0.3 is 0 Å². The Morgan fingerprint density at radius 1 is 1.00 bits per heavy atom. The second-order valence-electron chi connectivity index (χ2n) is 5.89. The van der Waals surface area contributed by atoms with Crippen LogP contribution < -0.4 is 15.4 Å². The van der Waals surface area contributed by atoms with E-state index >= 15 is 0 Å². The van der Waals surface area contributed by atoms with Crippen molar-refractivity contribution in [3.05, 3.63) is 93.8 Å². The van der Waals surface area contributed by atoms with E-state index in [2.05, 4.69) is 10.6 Å². The van der Waals surface area contributed by atoms with Crippen molar-refractivity contribution in [3.63, 3.8) is 0 Å². The number of rotatable bonds is 7. The number of thiophene rings is 1. The van der Waals surface area contributed by atoms with E-state index in [0.717, 1.165) is 10.4 Å². The molecule has 0 saturated heterocycles. The summed E-state index contributed by atoms with van der Waals surface area (Å²) >= 11 is 1.48. The van der Waals surface area contributed by atoms with Crippen LogP contribution in [0.15, 0.2) is 77.8 Å². The van der Waals surface area contributed by atoms with Gasteiger partial charge in [0.15, 0.2) is 0 Å². The van der Waals surface area contributed by atoms with E-state index in [-0.39, 0.29) is 24.1 Å². The van der Waals surface area contributed by atoms with Crippen molar-refractivity contribution in [2.45, 2.75) is 6.54 Å². The molecule has 1 heterocycles. The average Bonchev–Trinajstić information content (AvgIpc) is 3.25. The molecule has 6 heteroatoms. The van der Waals surface area contributed by atoms with Crippen molar-refractivity contribution in [1.82, 2.24) is 10.6 Å². The van der Waals surface area contributed by atoms with Crippen LogP contribution in [0, 0.1) is 0 Å². The fourth-order valence-corrected chi connectivity index (χ4v) is 3.24. The molecule has 0 aliphatic rings. The van der Waals surface area contributed by atoms with Crippen LogP contribution in [-0.4, -0.2) is 18.9 Å². The summed E-state index contributed by atoms with van der Waals surface area (Å²) in [7, 11) is 1.59. The zero-order valence-corrected chi connectivity index (χ0v) is 16.2. The second-order valence-corrected chi connectivity index (χ2v) is 6.87. The Hall–Kier alpha value is -3.38.